The summed E-state index contributed by atoms with van der Waals surface area (Å²) in [6, 6.07) is 5.53. The molecule has 0 aliphatic carbocycles. The minimum absolute atomic E-state index is 0.273. The van der Waals surface area contributed by atoms with Crippen molar-refractivity contribution in [3.63, 3.8) is 0 Å². The van der Waals surface area contributed by atoms with Gasteiger partial charge in [0.15, 0.2) is 9.84 Å². The Hall–Kier alpha value is -0.870. The van der Waals surface area contributed by atoms with Crippen LogP contribution in [-0.4, -0.2) is 20.7 Å². The van der Waals surface area contributed by atoms with Crippen LogP contribution in [0.3, 0.4) is 0 Å². The largest absolute Gasteiger partial charge is 0.316 e. The summed E-state index contributed by atoms with van der Waals surface area (Å²) in [5.74, 6) is 0. The molecule has 0 spiro atoms. The van der Waals surface area contributed by atoms with E-state index < -0.39 is 9.84 Å². The van der Waals surface area contributed by atoms with Crippen LogP contribution in [0.15, 0.2) is 23.1 Å². The van der Waals surface area contributed by atoms with Crippen LogP contribution in [0.1, 0.15) is 18.1 Å². The average molecular weight is 225 g/mol. The lowest BCUT2D eigenvalue weighted by Crippen LogP contribution is -2.11. The van der Waals surface area contributed by atoms with Crippen molar-refractivity contribution >= 4 is 9.84 Å². The molecule has 0 aromatic heterocycles. The molecular weight excluding hydrogens is 210 g/mol. The van der Waals surface area contributed by atoms with Gasteiger partial charge in [0.25, 0.3) is 0 Å². The zero-order chi connectivity index (χ0) is 11.1. The molecule has 15 heavy (non-hydrogen) atoms. The summed E-state index contributed by atoms with van der Waals surface area (Å²) in [5, 5.41) is 2.79. The third-order valence-electron chi connectivity index (χ3n) is 2.93. The van der Waals surface area contributed by atoms with Crippen LogP contribution in [0.4, 0.5) is 0 Å². The molecule has 0 radical (unpaired) electrons. The summed E-state index contributed by atoms with van der Waals surface area (Å²) in [7, 11) is -1.19. The highest BCUT2D eigenvalue weighted by Gasteiger charge is 2.34. The Kier molecular flexibility index (Phi) is 2.56. The summed E-state index contributed by atoms with van der Waals surface area (Å²) in [4.78, 5) is 0.530. The second-order valence-electron chi connectivity index (χ2n) is 3.98. The first-order chi connectivity index (χ1) is 7.07. The first kappa shape index (κ1) is 10.6. The normalized spacial score (nSPS) is 22.7. The lowest BCUT2D eigenvalue weighted by atomic mass is 10.0. The molecule has 0 saturated carbocycles. The maximum absolute atomic E-state index is 11.9. The van der Waals surface area contributed by atoms with E-state index >= 15 is 0 Å². The molecule has 3 nitrogen and oxygen atoms in total. The maximum Gasteiger partial charge on any atom is 0.181 e. The highest BCUT2D eigenvalue weighted by atomic mass is 32.2. The van der Waals surface area contributed by atoms with E-state index in [1.54, 1.807) is 13.0 Å². The van der Waals surface area contributed by atoms with Crippen molar-refractivity contribution in [2.45, 2.75) is 30.0 Å². The van der Waals surface area contributed by atoms with Gasteiger partial charge in [0.1, 0.15) is 0 Å². The van der Waals surface area contributed by atoms with Crippen LogP contribution in [-0.2, 0) is 22.8 Å². The monoisotopic (exact) mass is 225 g/mol. The predicted octanol–water partition coefficient (Wildman–Crippen LogP) is 1.12. The van der Waals surface area contributed by atoms with E-state index in [9.17, 15) is 8.42 Å². The van der Waals surface area contributed by atoms with Gasteiger partial charge in [-0.3, -0.25) is 0 Å². The Morgan fingerprint density at radius 1 is 1.47 bits per heavy atom. The van der Waals surface area contributed by atoms with E-state index in [2.05, 4.69) is 5.32 Å². The zero-order valence-electron chi connectivity index (χ0n) is 8.95. The van der Waals surface area contributed by atoms with Crippen LogP contribution >= 0.6 is 0 Å². The van der Waals surface area contributed by atoms with Crippen molar-refractivity contribution in [2.24, 2.45) is 0 Å². The quantitative estimate of drug-likeness (QED) is 0.820. The highest BCUT2D eigenvalue weighted by Crippen LogP contribution is 2.33. The van der Waals surface area contributed by atoms with Crippen LogP contribution in [0, 0.1) is 0 Å². The first-order valence-corrected chi connectivity index (χ1v) is 6.61. The Bertz CT molecular complexity index is 479. The van der Waals surface area contributed by atoms with Gasteiger partial charge in [0.2, 0.25) is 0 Å². The summed E-state index contributed by atoms with van der Waals surface area (Å²) in [5.41, 5.74) is 2.10. The van der Waals surface area contributed by atoms with Gasteiger partial charge in [0.05, 0.1) is 10.1 Å². The molecule has 1 heterocycles. The van der Waals surface area contributed by atoms with Crippen molar-refractivity contribution in [1.29, 1.82) is 0 Å². The Labute approximate surface area is 90.4 Å². The smallest absolute Gasteiger partial charge is 0.181 e. The molecule has 1 aromatic rings. The molecule has 1 aliphatic heterocycles. The molecule has 0 fully saturated rings. The van der Waals surface area contributed by atoms with E-state index in [0.29, 0.717) is 11.3 Å². The van der Waals surface area contributed by atoms with E-state index in [-0.39, 0.29) is 5.25 Å². The van der Waals surface area contributed by atoms with Gasteiger partial charge < -0.3 is 5.32 Å². The maximum atomic E-state index is 11.9. The number of hydrogen-bond acceptors (Lipinski definition) is 3. The molecule has 1 unspecified atom stereocenters. The fraction of sp³-hybridized carbons (Fsp3) is 0.455. The number of benzene rings is 1. The summed E-state index contributed by atoms with van der Waals surface area (Å²) in [6.07, 6.45) is 0.648. The van der Waals surface area contributed by atoms with Gasteiger partial charge >= 0.3 is 0 Å². The first-order valence-electron chi connectivity index (χ1n) is 5.06. The highest BCUT2D eigenvalue weighted by molar-refractivity contribution is 7.92. The molecular formula is C11H15NO2S. The Balaban J connectivity index is 2.58. The van der Waals surface area contributed by atoms with Crippen molar-refractivity contribution in [3.8, 4) is 0 Å². The van der Waals surface area contributed by atoms with Crippen LogP contribution < -0.4 is 5.32 Å². The molecule has 4 heteroatoms. The fourth-order valence-corrected chi connectivity index (χ4v) is 3.73. The van der Waals surface area contributed by atoms with Crippen LogP contribution in [0.2, 0.25) is 0 Å². The van der Waals surface area contributed by atoms with Gasteiger partial charge in [-0.15, -0.1) is 0 Å². The van der Waals surface area contributed by atoms with Crippen molar-refractivity contribution < 1.29 is 8.42 Å². The fourth-order valence-electron chi connectivity index (χ4n) is 2.08. The third kappa shape index (κ3) is 1.58. The van der Waals surface area contributed by atoms with Crippen molar-refractivity contribution in [2.75, 3.05) is 7.05 Å². The lowest BCUT2D eigenvalue weighted by Gasteiger charge is -2.05. The van der Waals surface area contributed by atoms with Crippen molar-refractivity contribution in [3.05, 3.63) is 29.3 Å². The summed E-state index contributed by atoms with van der Waals surface area (Å²) >= 11 is 0. The van der Waals surface area contributed by atoms with Gasteiger partial charge in [-0.05, 0) is 37.6 Å². The molecule has 0 saturated heterocycles. The second-order valence-corrected chi connectivity index (χ2v) is 6.32. The number of rotatable bonds is 2. The minimum atomic E-state index is -3.05. The number of hydrogen-bond donors (Lipinski definition) is 1. The second kappa shape index (κ2) is 3.61. The molecule has 1 atom stereocenters. The third-order valence-corrected chi connectivity index (χ3v) is 5.15. The standard InChI is InChI=1S/C11H15NO2S/c1-8-6-10-9(7-12-2)4-3-5-11(10)15(8,13)14/h3-5,8,12H,6-7H2,1-2H3. The zero-order valence-corrected chi connectivity index (χ0v) is 9.76. The van der Waals surface area contributed by atoms with Gasteiger partial charge in [0, 0.05) is 6.54 Å². The Morgan fingerprint density at radius 3 is 2.87 bits per heavy atom. The SMILES string of the molecule is CNCc1cccc2c1CC(C)S2(=O)=O. The molecule has 0 amide bonds. The van der Waals surface area contributed by atoms with Gasteiger partial charge in [-0.1, -0.05) is 12.1 Å². The van der Waals surface area contributed by atoms with Crippen LogP contribution in [0.5, 0.6) is 0 Å². The molecule has 1 N–H and O–H groups in total. The van der Waals surface area contributed by atoms with Crippen LogP contribution in [0.25, 0.3) is 0 Å². The number of fused-ring (bicyclic) bond motifs is 1. The van der Waals surface area contributed by atoms with Gasteiger partial charge in [-0.25, -0.2) is 8.42 Å². The van der Waals surface area contributed by atoms with E-state index in [1.165, 1.54) is 0 Å². The lowest BCUT2D eigenvalue weighted by molar-refractivity contribution is 0.590. The van der Waals surface area contributed by atoms with E-state index in [1.807, 2.05) is 19.2 Å². The van der Waals surface area contributed by atoms with E-state index in [0.717, 1.165) is 17.7 Å². The number of nitrogens with one attached hydrogen (secondary N) is 1. The Morgan fingerprint density at radius 2 is 2.20 bits per heavy atom. The summed E-state index contributed by atoms with van der Waals surface area (Å²) < 4.78 is 23.8. The van der Waals surface area contributed by atoms with Gasteiger partial charge in [-0.2, -0.15) is 0 Å². The van der Waals surface area contributed by atoms with Crippen molar-refractivity contribution in [1.82, 2.24) is 5.32 Å². The molecule has 1 aromatic carbocycles. The van der Waals surface area contributed by atoms with E-state index in [4.69, 9.17) is 0 Å². The molecule has 2 rings (SSSR count). The number of sulfone groups is 1. The topological polar surface area (TPSA) is 46.2 Å². The minimum Gasteiger partial charge on any atom is -0.316 e. The molecule has 1 aliphatic rings. The average Bonchev–Trinajstić information content (AvgIpc) is 2.41. The summed E-state index contributed by atoms with van der Waals surface area (Å²) in [6.45, 7) is 2.50. The predicted molar refractivity (Wildman–Crippen MR) is 59.6 cm³/mol. The molecule has 0 bridgehead atoms. The molecule has 82 valence electrons.